The lowest BCUT2D eigenvalue weighted by molar-refractivity contribution is -0.135. The second-order valence-electron chi connectivity index (χ2n) is 2.54. The van der Waals surface area contributed by atoms with Crippen LogP contribution in [-0.2, 0) is 9.53 Å². The highest BCUT2D eigenvalue weighted by Crippen LogP contribution is 2.22. The number of rotatable bonds is 2. The summed E-state index contributed by atoms with van der Waals surface area (Å²) >= 11 is 2.84. The number of ketones is 1. The fourth-order valence-corrected chi connectivity index (χ4v) is 1.42. The Morgan fingerprint density at radius 2 is 1.93 bits per heavy atom. The van der Waals surface area contributed by atoms with Gasteiger partial charge in [0.15, 0.2) is 11.6 Å². The minimum Gasteiger partial charge on any atom is -0.463 e. The molecule has 0 unspecified atom stereocenters. The monoisotopic (exact) mass is 278 g/mol. The predicted octanol–water partition coefficient (Wildman–Crippen LogP) is 2.08. The van der Waals surface area contributed by atoms with E-state index in [2.05, 4.69) is 20.7 Å². The molecule has 1 rings (SSSR count). The Labute approximate surface area is 92.2 Å². The Balaban J connectivity index is 3.31. The van der Waals surface area contributed by atoms with E-state index < -0.39 is 29.0 Å². The van der Waals surface area contributed by atoms with Gasteiger partial charge >= 0.3 is 5.97 Å². The zero-order chi connectivity index (χ0) is 11.6. The third-order valence-electron chi connectivity index (χ3n) is 1.64. The maximum Gasteiger partial charge on any atom is 0.379 e. The Bertz CT molecular complexity index is 432. The summed E-state index contributed by atoms with van der Waals surface area (Å²) in [6.45, 7) is 0. The van der Waals surface area contributed by atoms with Crippen molar-refractivity contribution in [2.45, 2.75) is 0 Å². The van der Waals surface area contributed by atoms with Crippen LogP contribution in [0.5, 0.6) is 0 Å². The van der Waals surface area contributed by atoms with Crippen LogP contribution < -0.4 is 0 Å². The summed E-state index contributed by atoms with van der Waals surface area (Å²) < 4.78 is 30.1. The second-order valence-corrected chi connectivity index (χ2v) is 3.39. The van der Waals surface area contributed by atoms with Crippen LogP contribution in [0.1, 0.15) is 10.4 Å². The molecular weight excluding hydrogens is 274 g/mol. The number of hydrogen-bond acceptors (Lipinski definition) is 3. The van der Waals surface area contributed by atoms with Crippen molar-refractivity contribution in [3.05, 3.63) is 33.8 Å². The van der Waals surface area contributed by atoms with Crippen molar-refractivity contribution in [1.29, 1.82) is 0 Å². The lowest BCUT2D eigenvalue weighted by atomic mass is 10.1. The number of halogens is 3. The third-order valence-corrected chi connectivity index (χ3v) is 2.30. The van der Waals surface area contributed by atoms with Crippen molar-refractivity contribution in [3.8, 4) is 0 Å². The van der Waals surface area contributed by atoms with Gasteiger partial charge < -0.3 is 4.74 Å². The largest absolute Gasteiger partial charge is 0.463 e. The van der Waals surface area contributed by atoms with Crippen molar-refractivity contribution in [2.24, 2.45) is 0 Å². The van der Waals surface area contributed by atoms with Crippen LogP contribution in [0.15, 0.2) is 16.6 Å². The van der Waals surface area contributed by atoms with E-state index in [9.17, 15) is 18.4 Å². The van der Waals surface area contributed by atoms with Crippen LogP contribution >= 0.6 is 15.9 Å². The van der Waals surface area contributed by atoms with Crippen molar-refractivity contribution in [3.63, 3.8) is 0 Å². The molecule has 3 nitrogen and oxygen atoms in total. The van der Waals surface area contributed by atoms with E-state index in [0.29, 0.717) is 0 Å². The fraction of sp³-hybridized carbons (Fsp3) is 0.111. The number of carbonyl (C=O) groups excluding carboxylic acids is 2. The van der Waals surface area contributed by atoms with E-state index in [4.69, 9.17) is 0 Å². The van der Waals surface area contributed by atoms with Crippen molar-refractivity contribution >= 4 is 27.7 Å². The quantitative estimate of drug-likeness (QED) is 0.360. The van der Waals surface area contributed by atoms with Gasteiger partial charge in [-0.1, -0.05) is 0 Å². The summed E-state index contributed by atoms with van der Waals surface area (Å²) in [5.74, 6) is -5.06. The van der Waals surface area contributed by atoms with Gasteiger partial charge in [-0.15, -0.1) is 0 Å². The Kier molecular flexibility index (Phi) is 3.52. The Morgan fingerprint density at radius 1 is 1.33 bits per heavy atom. The average molecular weight is 279 g/mol. The van der Waals surface area contributed by atoms with E-state index in [1.165, 1.54) is 0 Å². The maximum atomic E-state index is 13.2. The number of Topliss-reactive ketones (excluding diaryl/α,β-unsaturated/α-hetero) is 1. The molecule has 0 aliphatic heterocycles. The van der Waals surface area contributed by atoms with E-state index >= 15 is 0 Å². The molecule has 0 aliphatic carbocycles. The van der Waals surface area contributed by atoms with E-state index in [0.717, 1.165) is 19.2 Å². The molecule has 0 fully saturated rings. The summed E-state index contributed by atoms with van der Waals surface area (Å²) in [5, 5.41) is 0. The number of ether oxygens (including phenoxy) is 1. The summed E-state index contributed by atoms with van der Waals surface area (Å²) in [6.07, 6.45) is 0. The second kappa shape index (κ2) is 4.48. The highest BCUT2D eigenvalue weighted by molar-refractivity contribution is 9.10. The van der Waals surface area contributed by atoms with Crippen molar-refractivity contribution < 1.29 is 23.1 Å². The molecule has 0 spiro atoms. The maximum absolute atomic E-state index is 13.2. The first-order valence-corrected chi connectivity index (χ1v) is 4.54. The van der Waals surface area contributed by atoms with E-state index in [-0.39, 0.29) is 4.47 Å². The van der Waals surface area contributed by atoms with Gasteiger partial charge in [-0.3, -0.25) is 4.79 Å². The van der Waals surface area contributed by atoms with Crippen LogP contribution in [-0.4, -0.2) is 18.9 Å². The van der Waals surface area contributed by atoms with Crippen LogP contribution in [0.2, 0.25) is 0 Å². The SMILES string of the molecule is COC(=O)C(=O)c1c(Br)ccc(F)c1F. The van der Waals surface area contributed by atoms with Crippen molar-refractivity contribution in [1.82, 2.24) is 0 Å². The number of esters is 1. The highest BCUT2D eigenvalue weighted by Gasteiger charge is 2.25. The van der Waals surface area contributed by atoms with Crippen LogP contribution in [0.4, 0.5) is 8.78 Å². The van der Waals surface area contributed by atoms with Gasteiger partial charge in [0.25, 0.3) is 5.78 Å². The molecule has 0 saturated heterocycles. The lowest BCUT2D eigenvalue weighted by Crippen LogP contribution is -2.18. The lowest BCUT2D eigenvalue weighted by Gasteiger charge is -2.04. The predicted molar refractivity (Wildman–Crippen MR) is 50.4 cm³/mol. The van der Waals surface area contributed by atoms with Gasteiger partial charge in [0, 0.05) is 4.47 Å². The number of benzene rings is 1. The third kappa shape index (κ3) is 2.20. The van der Waals surface area contributed by atoms with Gasteiger partial charge in [0.2, 0.25) is 0 Å². The smallest absolute Gasteiger partial charge is 0.379 e. The first-order valence-electron chi connectivity index (χ1n) is 3.75. The van der Waals surface area contributed by atoms with Crippen LogP contribution in [0.25, 0.3) is 0 Å². The standard InChI is InChI=1S/C9H5BrF2O3/c1-15-9(14)8(13)6-4(10)2-3-5(11)7(6)12/h2-3H,1H3. The summed E-state index contributed by atoms with van der Waals surface area (Å²) in [6, 6.07) is 1.97. The van der Waals surface area contributed by atoms with Gasteiger partial charge in [-0.25, -0.2) is 13.6 Å². The number of methoxy groups -OCH3 is 1. The van der Waals surface area contributed by atoms with Crippen LogP contribution in [0, 0.1) is 11.6 Å². The highest BCUT2D eigenvalue weighted by atomic mass is 79.9. The van der Waals surface area contributed by atoms with Crippen molar-refractivity contribution in [2.75, 3.05) is 7.11 Å². The Hall–Kier alpha value is -1.30. The zero-order valence-electron chi connectivity index (χ0n) is 7.51. The van der Waals surface area contributed by atoms with Crippen LogP contribution in [0.3, 0.4) is 0 Å². The summed E-state index contributed by atoms with van der Waals surface area (Å²) in [5.41, 5.74) is -0.665. The minimum atomic E-state index is -1.38. The summed E-state index contributed by atoms with van der Waals surface area (Å²) in [7, 11) is 0.978. The molecule has 0 bridgehead atoms. The molecule has 15 heavy (non-hydrogen) atoms. The van der Waals surface area contributed by atoms with Gasteiger partial charge in [0.1, 0.15) is 0 Å². The molecule has 0 N–H and O–H groups in total. The fourth-order valence-electron chi connectivity index (χ4n) is 0.930. The van der Waals surface area contributed by atoms with E-state index in [1.807, 2.05) is 0 Å². The molecule has 0 aliphatic rings. The molecule has 0 radical (unpaired) electrons. The molecule has 80 valence electrons. The molecule has 0 heterocycles. The minimum absolute atomic E-state index is 0.00296. The van der Waals surface area contributed by atoms with Gasteiger partial charge in [0.05, 0.1) is 12.7 Å². The van der Waals surface area contributed by atoms with E-state index in [1.54, 1.807) is 0 Å². The van der Waals surface area contributed by atoms with Gasteiger partial charge in [-0.05, 0) is 28.1 Å². The normalized spacial score (nSPS) is 9.87. The molecule has 0 atom stereocenters. The molecule has 1 aromatic rings. The van der Waals surface area contributed by atoms with Gasteiger partial charge in [-0.2, -0.15) is 0 Å². The average Bonchev–Trinajstić information content (AvgIpc) is 2.22. The topological polar surface area (TPSA) is 43.4 Å². The summed E-state index contributed by atoms with van der Waals surface area (Å²) in [4.78, 5) is 22.1. The molecule has 6 heteroatoms. The first-order chi connectivity index (χ1) is 6.99. The molecule has 1 aromatic carbocycles. The Morgan fingerprint density at radius 3 is 2.47 bits per heavy atom. The number of hydrogen-bond donors (Lipinski definition) is 0. The number of carbonyl (C=O) groups is 2. The molecule has 0 saturated carbocycles. The molecular formula is C9H5BrF2O3. The zero-order valence-corrected chi connectivity index (χ0v) is 9.10. The molecule has 0 aromatic heterocycles. The first kappa shape index (κ1) is 11.8. The molecule has 0 amide bonds.